The molecule has 3 rings (SSSR count). The number of hydrogen-bond acceptors (Lipinski definition) is 7. The van der Waals surface area contributed by atoms with Crippen LogP contribution < -0.4 is 15.0 Å². The fourth-order valence-electron chi connectivity index (χ4n) is 1.98. The summed E-state index contributed by atoms with van der Waals surface area (Å²) in [7, 11) is 3.47. The second-order valence-electron chi connectivity index (χ2n) is 4.71. The lowest BCUT2D eigenvalue weighted by Gasteiger charge is -2.17. The van der Waals surface area contributed by atoms with Gasteiger partial charge in [-0.15, -0.1) is 10.2 Å². The van der Waals surface area contributed by atoms with Crippen molar-refractivity contribution in [2.75, 3.05) is 24.4 Å². The van der Waals surface area contributed by atoms with E-state index in [9.17, 15) is 0 Å². The molecule has 0 aliphatic rings. The summed E-state index contributed by atoms with van der Waals surface area (Å²) in [5, 5.41) is 11.1. The molecule has 0 aliphatic heterocycles. The van der Waals surface area contributed by atoms with Gasteiger partial charge in [0.05, 0.1) is 7.11 Å². The molecular weight excluding hydrogens is 292 g/mol. The quantitative estimate of drug-likeness (QED) is 0.776. The summed E-state index contributed by atoms with van der Waals surface area (Å²) in [5.74, 6) is 3.32. The molecule has 0 atom stereocenters. The molecule has 7 heteroatoms. The Balaban J connectivity index is 1.79. The Hall–Kier alpha value is -3.22. The van der Waals surface area contributed by atoms with E-state index in [1.165, 1.54) is 0 Å². The van der Waals surface area contributed by atoms with Crippen LogP contribution in [0, 0.1) is 0 Å². The zero-order valence-electron chi connectivity index (χ0n) is 12.8. The Bertz CT molecular complexity index is 763. The van der Waals surface area contributed by atoms with Crippen molar-refractivity contribution in [1.29, 1.82) is 0 Å². The number of hydrogen-bond donors (Lipinski definition) is 1. The summed E-state index contributed by atoms with van der Waals surface area (Å²) in [6, 6.07) is 15.0. The van der Waals surface area contributed by atoms with Crippen molar-refractivity contribution in [1.82, 2.24) is 20.2 Å². The van der Waals surface area contributed by atoms with Crippen LogP contribution in [0.25, 0.3) is 0 Å². The van der Waals surface area contributed by atoms with E-state index in [0.29, 0.717) is 17.5 Å². The first-order valence-corrected chi connectivity index (χ1v) is 7.03. The van der Waals surface area contributed by atoms with Crippen molar-refractivity contribution in [3.63, 3.8) is 0 Å². The number of ether oxygens (including phenoxy) is 1. The third kappa shape index (κ3) is 3.52. The van der Waals surface area contributed by atoms with Crippen LogP contribution in [0.5, 0.6) is 5.88 Å². The lowest BCUT2D eigenvalue weighted by Crippen LogP contribution is -2.13. The molecule has 0 unspecified atom stereocenters. The Morgan fingerprint density at radius 3 is 2.48 bits per heavy atom. The van der Waals surface area contributed by atoms with Crippen molar-refractivity contribution in [3.05, 3.63) is 54.7 Å². The molecule has 3 aromatic heterocycles. The van der Waals surface area contributed by atoms with E-state index >= 15 is 0 Å². The minimum atomic E-state index is 0.465. The fraction of sp³-hybridized carbons (Fsp3) is 0.125. The normalized spacial score (nSPS) is 10.2. The number of rotatable bonds is 5. The van der Waals surface area contributed by atoms with Crippen molar-refractivity contribution in [2.45, 2.75) is 0 Å². The van der Waals surface area contributed by atoms with E-state index < -0.39 is 0 Å². The van der Waals surface area contributed by atoms with Gasteiger partial charge >= 0.3 is 0 Å². The number of nitrogens with zero attached hydrogens (tertiary/aromatic N) is 5. The van der Waals surface area contributed by atoms with E-state index in [0.717, 1.165) is 11.6 Å². The maximum absolute atomic E-state index is 4.99. The number of aromatic nitrogens is 4. The molecule has 0 saturated heterocycles. The van der Waals surface area contributed by atoms with Gasteiger partial charge in [-0.1, -0.05) is 12.1 Å². The van der Waals surface area contributed by atoms with Gasteiger partial charge in [0.25, 0.3) is 0 Å². The molecular formula is C16H16N6O. The van der Waals surface area contributed by atoms with Crippen LogP contribution in [0.3, 0.4) is 0 Å². The predicted octanol–water partition coefficient (Wildman–Crippen LogP) is 2.79. The van der Waals surface area contributed by atoms with Gasteiger partial charge < -0.3 is 15.0 Å². The monoisotopic (exact) mass is 308 g/mol. The molecule has 0 saturated carbocycles. The zero-order chi connectivity index (χ0) is 16.1. The minimum absolute atomic E-state index is 0.465. The number of pyridine rings is 2. The molecule has 3 aromatic rings. The van der Waals surface area contributed by atoms with Crippen LogP contribution in [0.1, 0.15) is 0 Å². The van der Waals surface area contributed by atoms with Gasteiger partial charge in [-0.3, -0.25) is 0 Å². The predicted molar refractivity (Wildman–Crippen MR) is 88.4 cm³/mol. The second kappa shape index (κ2) is 6.69. The topological polar surface area (TPSA) is 76.1 Å². The highest BCUT2D eigenvalue weighted by Gasteiger charge is 2.07. The Morgan fingerprint density at radius 2 is 1.78 bits per heavy atom. The maximum Gasteiger partial charge on any atom is 0.233 e. The van der Waals surface area contributed by atoms with Crippen LogP contribution in [-0.2, 0) is 0 Å². The fourth-order valence-corrected chi connectivity index (χ4v) is 1.98. The molecule has 0 aliphatic carbocycles. The molecule has 7 nitrogen and oxygen atoms in total. The first-order chi connectivity index (χ1) is 11.3. The maximum atomic E-state index is 4.99. The smallest absolute Gasteiger partial charge is 0.233 e. The summed E-state index contributed by atoms with van der Waals surface area (Å²) in [6.45, 7) is 0. The van der Waals surface area contributed by atoms with Crippen molar-refractivity contribution in [2.24, 2.45) is 0 Å². The highest BCUT2D eigenvalue weighted by molar-refractivity contribution is 5.59. The molecule has 23 heavy (non-hydrogen) atoms. The zero-order valence-corrected chi connectivity index (χ0v) is 12.8. The van der Waals surface area contributed by atoms with Crippen LogP contribution in [-0.4, -0.2) is 34.3 Å². The Kier molecular flexibility index (Phi) is 4.28. The highest BCUT2D eigenvalue weighted by atomic mass is 16.5. The second-order valence-corrected chi connectivity index (χ2v) is 4.71. The van der Waals surface area contributed by atoms with Gasteiger partial charge in [0, 0.05) is 19.3 Å². The summed E-state index contributed by atoms with van der Waals surface area (Å²) in [4.78, 5) is 10.8. The van der Waals surface area contributed by atoms with E-state index in [1.807, 2.05) is 48.3 Å². The van der Waals surface area contributed by atoms with E-state index in [-0.39, 0.29) is 0 Å². The molecule has 1 N–H and O–H groups in total. The molecule has 3 heterocycles. The van der Waals surface area contributed by atoms with Crippen LogP contribution >= 0.6 is 0 Å². The van der Waals surface area contributed by atoms with E-state index in [2.05, 4.69) is 25.5 Å². The molecule has 116 valence electrons. The van der Waals surface area contributed by atoms with Gasteiger partial charge in [0.15, 0.2) is 5.82 Å². The van der Waals surface area contributed by atoms with Crippen LogP contribution in [0.15, 0.2) is 54.7 Å². The van der Waals surface area contributed by atoms with Gasteiger partial charge in [0.1, 0.15) is 17.5 Å². The molecule has 0 radical (unpaired) electrons. The standard InChI is InChI=1S/C16H16N6O/c1-22(14-7-3-4-11-17-14)15-8-5-6-12(19-15)18-13-9-10-16(23-2)21-20-13/h3-11H,1-2H3,(H,18,19,20). The molecule has 0 aromatic carbocycles. The van der Waals surface area contributed by atoms with Crippen LogP contribution in [0.2, 0.25) is 0 Å². The van der Waals surface area contributed by atoms with Crippen molar-refractivity contribution in [3.8, 4) is 5.88 Å². The largest absolute Gasteiger partial charge is 0.480 e. The van der Waals surface area contributed by atoms with Gasteiger partial charge in [-0.05, 0) is 30.3 Å². The first-order valence-electron chi connectivity index (χ1n) is 7.03. The first kappa shape index (κ1) is 14.7. The molecule has 0 fully saturated rings. The Labute approximate surface area is 134 Å². The van der Waals surface area contributed by atoms with Gasteiger partial charge in [0.2, 0.25) is 5.88 Å². The Morgan fingerprint density at radius 1 is 0.913 bits per heavy atom. The summed E-state index contributed by atoms with van der Waals surface area (Å²) in [5.41, 5.74) is 0. The average Bonchev–Trinajstić information content (AvgIpc) is 2.63. The van der Waals surface area contributed by atoms with Crippen molar-refractivity contribution >= 4 is 23.3 Å². The van der Waals surface area contributed by atoms with Gasteiger partial charge in [-0.25, -0.2) is 9.97 Å². The SMILES string of the molecule is COc1ccc(Nc2cccc(N(C)c3ccccn3)n2)nn1. The molecule has 0 amide bonds. The highest BCUT2D eigenvalue weighted by Crippen LogP contribution is 2.21. The minimum Gasteiger partial charge on any atom is -0.480 e. The average molecular weight is 308 g/mol. The third-order valence-electron chi connectivity index (χ3n) is 3.18. The lowest BCUT2D eigenvalue weighted by atomic mass is 10.4. The van der Waals surface area contributed by atoms with E-state index in [1.54, 1.807) is 25.4 Å². The summed E-state index contributed by atoms with van der Waals surface area (Å²) >= 11 is 0. The number of methoxy groups -OCH3 is 1. The lowest BCUT2D eigenvalue weighted by molar-refractivity contribution is 0.392. The molecule has 0 spiro atoms. The number of anilines is 4. The van der Waals surface area contributed by atoms with Crippen molar-refractivity contribution < 1.29 is 4.74 Å². The molecule has 0 bridgehead atoms. The van der Waals surface area contributed by atoms with Crippen LogP contribution in [0.4, 0.5) is 23.3 Å². The van der Waals surface area contributed by atoms with Gasteiger partial charge in [-0.2, -0.15) is 0 Å². The number of nitrogens with one attached hydrogen (secondary N) is 1. The van der Waals surface area contributed by atoms with E-state index in [4.69, 9.17) is 4.74 Å². The summed E-state index contributed by atoms with van der Waals surface area (Å²) in [6.07, 6.45) is 1.75. The third-order valence-corrected chi connectivity index (χ3v) is 3.18. The summed E-state index contributed by atoms with van der Waals surface area (Å²) < 4.78 is 4.99.